The molecule has 2 N–H and O–H groups in total. The monoisotopic (exact) mass is 478 g/mol. The molecular weight excluding hydrogens is 453 g/mol. The van der Waals surface area contributed by atoms with Gasteiger partial charge in [0.2, 0.25) is 5.91 Å². The molecule has 1 amide bonds. The molecule has 2 aliphatic heterocycles. The zero-order valence-corrected chi connectivity index (χ0v) is 19.3. The number of nitrogens with one attached hydrogen (secondary N) is 2. The van der Waals surface area contributed by atoms with Crippen molar-refractivity contribution in [2.24, 2.45) is 17.8 Å². The summed E-state index contributed by atoms with van der Waals surface area (Å²) in [7, 11) is 0. The number of rotatable bonds is 1. The van der Waals surface area contributed by atoms with Crippen molar-refractivity contribution in [3.05, 3.63) is 75.6 Å². The highest BCUT2D eigenvalue weighted by atomic mass is 35.5. The number of carbonyl (C=O) groups excluding carboxylic acids is 1. The quantitative estimate of drug-likeness (QED) is 0.478. The molecule has 0 spiro atoms. The normalized spacial score (nSPS) is 31.1. The van der Waals surface area contributed by atoms with Crippen LogP contribution in [0.25, 0.3) is 0 Å². The number of amides is 1. The molecule has 7 heteroatoms. The third-order valence-electron chi connectivity index (χ3n) is 6.64. The number of benzene rings is 1. The minimum Gasteiger partial charge on any atom is -0.325 e. The topological polar surface area (TPSA) is 41.1 Å². The Kier molecular flexibility index (Phi) is 6.89. The van der Waals surface area contributed by atoms with E-state index in [0.717, 1.165) is 11.1 Å². The minimum atomic E-state index is -2.07. The fourth-order valence-electron chi connectivity index (χ4n) is 4.77. The summed E-state index contributed by atoms with van der Waals surface area (Å²) in [6.45, 7) is 2.79. The maximum Gasteiger partial charge on any atom is 0.227 e. The molecule has 0 saturated carbocycles. The Labute approximate surface area is 197 Å². The van der Waals surface area contributed by atoms with E-state index in [1.54, 1.807) is 12.1 Å². The maximum atomic E-state index is 15.9. The molecule has 4 atom stereocenters. The van der Waals surface area contributed by atoms with E-state index in [4.69, 9.17) is 23.2 Å². The Morgan fingerprint density at radius 3 is 2.81 bits per heavy atom. The molecule has 2 aliphatic carbocycles. The molecule has 0 aromatic heterocycles. The molecule has 0 saturated heterocycles. The van der Waals surface area contributed by atoms with E-state index in [0.29, 0.717) is 36.5 Å². The van der Waals surface area contributed by atoms with E-state index in [9.17, 15) is 9.18 Å². The lowest BCUT2D eigenvalue weighted by molar-refractivity contribution is -0.121. The highest BCUT2D eigenvalue weighted by Crippen LogP contribution is 2.43. The van der Waals surface area contributed by atoms with Crippen LogP contribution in [-0.4, -0.2) is 19.0 Å². The summed E-state index contributed by atoms with van der Waals surface area (Å²) in [6.07, 6.45) is 9.81. The van der Waals surface area contributed by atoms with Crippen LogP contribution in [0.15, 0.2) is 65.0 Å². The fourth-order valence-corrected chi connectivity index (χ4v) is 5.20. The van der Waals surface area contributed by atoms with Crippen LogP contribution < -0.4 is 10.6 Å². The van der Waals surface area contributed by atoms with Gasteiger partial charge in [-0.15, -0.1) is 0 Å². The summed E-state index contributed by atoms with van der Waals surface area (Å²) in [5, 5.41) is 7.26. The van der Waals surface area contributed by atoms with Crippen LogP contribution in [0.3, 0.4) is 0 Å². The molecule has 3 unspecified atom stereocenters. The Morgan fingerprint density at radius 2 is 2.06 bits per heavy atom. The van der Waals surface area contributed by atoms with E-state index < -0.39 is 11.5 Å². The predicted molar refractivity (Wildman–Crippen MR) is 126 cm³/mol. The Hall–Kier alpha value is -1.95. The first-order valence-electron chi connectivity index (χ1n) is 10.9. The molecular formula is C25H26Cl2F2N2O. The largest absolute Gasteiger partial charge is 0.325 e. The summed E-state index contributed by atoms with van der Waals surface area (Å²) in [5.74, 6) is -1.08. The van der Waals surface area contributed by atoms with Crippen molar-refractivity contribution >= 4 is 34.8 Å². The molecule has 0 radical (unpaired) electrons. The van der Waals surface area contributed by atoms with Crippen molar-refractivity contribution in [3.8, 4) is 0 Å². The van der Waals surface area contributed by atoms with E-state index >= 15 is 4.39 Å². The lowest BCUT2D eigenvalue weighted by atomic mass is 9.76. The number of hydrogen-bond donors (Lipinski definition) is 2. The van der Waals surface area contributed by atoms with Crippen molar-refractivity contribution < 1.29 is 13.6 Å². The zero-order chi connectivity index (χ0) is 22.9. The third-order valence-corrected chi connectivity index (χ3v) is 7.15. The number of carbonyl (C=O) groups is 1. The Bertz CT molecular complexity index is 1030. The first kappa shape index (κ1) is 23.2. The van der Waals surface area contributed by atoms with Gasteiger partial charge in [-0.3, -0.25) is 4.79 Å². The van der Waals surface area contributed by atoms with Gasteiger partial charge in [0.15, 0.2) is 5.67 Å². The number of allylic oxidation sites excluding steroid dienone is 6. The van der Waals surface area contributed by atoms with E-state index in [1.165, 1.54) is 12.1 Å². The van der Waals surface area contributed by atoms with Crippen molar-refractivity contribution in [2.75, 3.05) is 18.4 Å². The smallest absolute Gasteiger partial charge is 0.227 e. The van der Waals surface area contributed by atoms with Gasteiger partial charge >= 0.3 is 0 Å². The molecule has 2 heterocycles. The lowest BCUT2D eigenvalue weighted by Gasteiger charge is -2.33. The van der Waals surface area contributed by atoms with Gasteiger partial charge in [-0.2, -0.15) is 0 Å². The molecule has 2 bridgehead atoms. The summed E-state index contributed by atoms with van der Waals surface area (Å²) < 4.78 is 30.7. The number of halogens is 4. The molecule has 3 nitrogen and oxygen atoms in total. The Balaban J connectivity index is 1.71. The highest BCUT2D eigenvalue weighted by Gasteiger charge is 2.37. The summed E-state index contributed by atoms with van der Waals surface area (Å²) in [6, 6.07) is 4.59. The van der Waals surface area contributed by atoms with Gasteiger partial charge in [-0.25, -0.2) is 8.78 Å². The summed E-state index contributed by atoms with van der Waals surface area (Å²) in [4.78, 5) is 13.3. The number of fused-ring (bicyclic) bond motifs is 8. The van der Waals surface area contributed by atoms with Gasteiger partial charge in [0.25, 0.3) is 0 Å². The summed E-state index contributed by atoms with van der Waals surface area (Å²) in [5.41, 5.74) is -1.16. The van der Waals surface area contributed by atoms with Crippen molar-refractivity contribution in [3.63, 3.8) is 0 Å². The van der Waals surface area contributed by atoms with E-state index in [-0.39, 0.29) is 41.3 Å². The second kappa shape index (κ2) is 9.50. The molecule has 0 fully saturated rings. The SMILES string of the molecule is C[C@H]1C(=O)Nc2cc(Cl)ccc2C2(F)C=C(F)C(=CC2)CNCCC1C1C=CC=C(Cl)C1. The first-order chi connectivity index (χ1) is 15.3. The maximum absolute atomic E-state index is 15.9. The highest BCUT2D eigenvalue weighted by molar-refractivity contribution is 6.31. The molecule has 4 aliphatic rings. The zero-order valence-electron chi connectivity index (χ0n) is 17.8. The van der Waals surface area contributed by atoms with Crippen molar-refractivity contribution in [1.82, 2.24) is 5.32 Å². The average molecular weight is 479 g/mol. The van der Waals surface area contributed by atoms with Crippen LogP contribution in [0, 0.1) is 17.8 Å². The second-order valence-corrected chi connectivity index (χ2v) is 9.67. The van der Waals surface area contributed by atoms with Crippen molar-refractivity contribution in [2.45, 2.75) is 31.9 Å². The Morgan fingerprint density at radius 1 is 1.25 bits per heavy atom. The first-order valence-corrected chi connectivity index (χ1v) is 11.6. The van der Waals surface area contributed by atoms with Crippen LogP contribution in [0.5, 0.6) is 0 Å². The standard InChI is InChI=1S/C25H26Cl2F2N2O/c1-15-20(16-3-2-4-18(26)11-16)8-10-30-14-17-7-9-25(29,13-22(17)28)21-6-5-19(27)12-23(21)31-24(15)32/h2-7,12-13,15-16,20,30H,8-11,14H2,1H3,(H,31,32)/t15-,16?,20?,25?/m1/s1. The number of hydrogen-bond acceptors (Lipinski definition) is 2. The molecule has 1 aromatic rings. The van der Waals surface area contributed by atoms with Gasteiger partial charge in [-0.1, -0.05) is 54.4 Å². The van der Waals surface area contributed by atoms with Crippen LogP contribution in [0.4, 0.5) is 14.5 Å². The molecule has 170 valence electrons. The number of alkyl halides is 1. The predicted octanol–water partition coefficient (Wildman–Crippen LogP) is 6.57. The van der Waals surface area contributed by atoms with Crippen LogP contribution in [0.2, 0.25) is 5.02 Å². The average Bonchev–Trinajstić information content (AvgIpc) is 2.74. The van der Waals surface area contributed by atoms with Crippen LogP contribution in [-0.2, 0) is 10.5 Å². The summed E-state index contributed by atoms with van der Waals surface area (Å²) >= 11 is 12.4. The van der Waals surface area contributed by atoms with E-state index in [2.05, 4.69) is 16.7 Å². The molecule has 1 aromatic carbocycles. The minimum absolute atomic E-state index is 0.00216. The van der Waals surface area contributed by atoms with E-state index in [1.807, 2.05) is 19.1 Å². The van der Waals surface area contributed by atoms with Gasteiger partial charge in [-0.05, 0) is 61.1 Å². The second-order valence-electron chi connectivity index (χ2n) is 8.75. The van der Waals surface area contributed by atoms with Gasteiger partial charge in [0, 0.05) is 40.2 Å². The van der Waals surface area contributed by atoms with Gasteiger partial charge < -0.3 is 10.6 Å². The van der Waals surface area contributed by atoms with Crippen molar-refractivity contribution in [1.29, 1.82) is 0 Å². The van der Waals surface area contributed by atoms with Gasteiger partial charge in [0.1, 0.15) is 5.83 Å². The van der Waals surface area contributed by atoms with Crippen LogP contribution in [0.1, 0.15) is 31.7 Å². The van der Waals surface area contributed by atoms with Gasteiger partial charge in [0.05, 0.1) is 0 Å². The fraction of sp³-hybridized carbons (Fsp3) is 0.400. The number of anilines is 1. The lowest BCUT2D eigenvalue weighted by Crippen LogP contribution is -2.35. The van der Waals surface area contributed by atoms with Crippen LogP contribution >= 0.6 is 23.2 Å². The molecule has 32 heavy (non-hydrogen) atoms. The third kappa shape index (κ3) is 4.85. The molecule has 5 rings (SSSR count).